The number of esters is 4. The van der Waals surface area contributed by atoms with Crippen LogP contribution in [0.15, 0.2) is 91.0 Å². The minimum atomic E-state index is -1.40. The van der Waals surface area contributed by atoms with E-state index in [0.717, 1.165) is 6.92 Å². The Hall–Kier alpha value is -4.50. The van der Waals surface area contributed by atoms with Crippen LogP contribution in [0.4, 0.5) is 0 Å². The van der Waals surface area contributed by atoms with Crippen molar-refractivity contribution < 1.29 is 42.9 Å². The van der Waals surface area contributed by atoms with Gasteiger partial charge >= 0.3 is 23.9 Å². The molecule has 0 aliphatic carbocycles. The average Bonchev–Trinajstić information content (AvgIpc) is 3.23. The molecule has 37 heavy (non-hydrogen) atoms. The van der Waals surface area contributed by atoms with Crippen LogP contribution in [-0.4, -0.2) is 55.1 Å². The maximum Gasteiger partial charge on any atom is 0.338 e. The van der Waals surface area contributed by atoms with Crippen molar-refractivity contribution in [2.75, 3.05) is 6.61 Å². The molecule has 1 saturated heterocycles. The first kappa shape index (κ1) is 25.6. The molecular weight excluding hydrogens is 480 g/mol. The molecule has 0 bridgehead atoms. The summed E-state index contributed by atoms with van der Waals surface area (Å²) in [4.78, 5) is 50.0. The van der Waals surface area contributed by atoms with Gasteiger partial charge in [-0.25, -0.2) is 14.4 Å². The molecule has 190 valence electrons. The predicted octanol–water partition coefficient (Wildman–Crippen LogP) is 3.58. The van der Waals surface area contributed by atoms with Gasteiger partial charge in [-0.1, -0.05) is 54.6 Å². The van der Waals surface area contributed by atoms with Gasteiger partial charge in [-0.05, 0) is 36.4 Å². The second-order valence-corrected chi connectivity index (χ2v) is 8.09. The van der Waals surface area contributed by atoms with E-state index in [1.54, 1.807) is 91.0 Å². The largest absolute Gasteiger partial charge is 0.459 e. The average molecular weight is 504 g/mol. The second kappa shape index (κ2) is 12.0. The highest BCUT2D eigenvalue weighted by Crippen LogP contribution is 2.30. The van der Waals surface area contributed by atoms with Crippen LogP contribution < -0.4 is 0 Å². The van der Waals surface area contributed by atoms with Crippen molar-refractivity contribution in [2.45, 2.75) is 31.5 Å². The molecule has 9 heteroatoms. The van der Waals surface area contributed by atoms with Crippen LogP contribution in [0.2, 0.25) is 0 Å². The summed E-state index contributed by atoms with van der Waals surface area (Å²) in [7, 11) is 0. The molecule has 0 amide bonds. The zero-order valence-corrected chi connectivity index (χ0v) is 19.9. The standard InChI is InChI=1S/C28H24O9/c1-18(29)34-28-24(37-27(32)21-15-9-4-10-16-21)23(36-26(31)20-13-7-3-8-14-20)22(35-28)17-33-25(30)19-11-5-2-6-12-19/h2-16,22-24,28H,17H2,1H3/t22-,23+,24-,28?/m0/s1. The highest BCUT2D eigenvalue weighted by molar-refractivity contribution is 5.91. The fourth-order valence-corrected chi connectivity index (χ4v) is 3.70. The third-order valence-electron chi connectivity index (χ3n) is 5.44. The fourth-order valence-electron chi connectivity index (χ4n) is 3.70. The number of rotatable bonds is 8. The maximum atomic E-state index is 12.9. The first-order valence-corrected chi connectivity index (χ1v) is 11.5. The lowest BCUT2D eigenvalue weighted by Crippen LogP contribution is -2.42. The summed E-state index contributed by atoms with van der Waals surface area (Å²) >= 11 is 0. The Kier molecular flexibility index (Phi) is 8.27. The van der Waals surface area contributed by atoms with E-state index >= 15 is 0 Å². The van der Waals surface area contributed by atoms with Crippen molar-refractivity contribution in [3.63, 3.8) is 0 Å². The minimum absolute atomic E-state index is 0.233. The third-order valence-corrected chi connectivity index (χ3v) is 5.44. The van der Waals surface area contributed by atoms with Crippen molar-refractivity contribution in [1.82, 2.24) is 0 Å². The van der Waals surface area contributed by atoms with Gasteiger partial charge in [-0.2, -0.15) is 0 Å². The summed E-state index contributed by atoms with van der Waals surface area (Å²) in [6.07, 6.45) is -5.09. The Morgan fingerprint density at radius 2 is 1.05 bits per heavy atom. The first-order valence-electron chi connectivity index (χ1n) is 11.5. The zero-order valence-electron chi connectivity index (χ0n) is 19.9. The van der Waals surface area contributed by atoms with Crippen molar-refractivity contribution >= 4 is 23.9 Å². The van der Waals surface area contributed by atoms with Crippen LogP contribution in [0.25, 0.3) is 0 Å². The summed E-state index contributed by atoms with van der Waals surface area (Å²) in [5, 5.41) is 0. The molecule has 4 atom stereocenters. The summed E-state index contributed by atoms with van der Waals surface area (Å²) in [6, 6.07) is 24.6. The molecule has 0 spiro atoms. The van der Waals surface area contributed by atoms with Crippen LogP contribution in [0.1, 0.15) is 38.0 Å². The Bertz CT molecular complexity index is 1230. The van der Waals surface area contributed by atoms with Gasteiger partial charge in [-0.15, -0.1) is 0 Å². The fraction of sp³-hybridized carbons (Fsp3) is 0.214. The van der Waals surface area contributed by atoms with E-state index in [-0.39, 0.29) is 17.7 Å². The van der Waals surface area contributed by atoms with Gasteiger partial charge in [0.1, 0.15) is 12.7 Å². The van der Waals surface area contributed by atoms with Gasteiger partial charge in [0.15, 0.2) is 6.10 Å². The molecule has 0 aromatic heterocycles. The van der Waals surface area contributed by atoms with Crippen molar-refractivity contribution in [1.29, 1.82) is 0 Å². The van der Waals surface area contributed by atoms with Crippen LogP contribution >= 0.6 is 0 Å². The molecule has 1 fully saturated rings. The maximum absolute atomic E-state index is 12.9. The quantitative estimate of drug-likeness (QED) is 0.335. The van der Waals surface area contributed by atoms with E-state index in [0.29, 0.717) is 5.56 Å². The lowest BCUT2D eigenvalue weighted by molar-refractivity contribution is -0.187. The van der Waals surface area contributed by atoms with Crippen LogP contribution in [0, 0.1) is 0 Å². The van der Waals surface area contributed by atoms with E-state index in [9.17, 15) is 19.2 Å². The molecular formula is C28H24O9. The first-order chi connectivity index (χ1) is 17.9. The molecule has 0 N–H and O–H groups in total. The molecule has 0 saturated carbocycles. The number of carbonyl (C=O) groups is 4. The monoisotopic (exact) mass is 504 g/mol. The second-order valence-electron chi connectivity index (χ2n) is 8.09. The van der Waals surface area contributed by atoms with Gasteiger partial charge in [0.25, 0.3) is 0 Å². The van der Waals surface area contributed by atoms with Gasteiger partial charge in [-0.3, -0.25) is 4.79 Å². The van der Waals surface area contributed by atoms with Crippen LogP contribution in [0.3, 0.4) is 0 Å². The summed E-state index contributed by atoms with van der Waals surface area (Å²) in [6.45, 7) is 0.796. The van der Waals surface area contributed by atoms with E-state index in [4.69, 9.17) is 23.7 Å². The molecule has 3 aromatic rings. The third kappa shape index (κ3) is 6.59. The summed E-state index contributed by atoms with van der Waals surface area (Å²) in [5.74, 6) is -2.81. The number of ether oxygens (including phenoxy) is 5. The molecule has 3 aromatic carbocycles. The topological polar surface area (TPSA) is 114 Å². The Balaban J connectivity index is 1.58. The molecule has 0 radical (unpaired) electrons. The van der Waals surface area contributed by atoms with E-state index < -0.39 is 48.5 Å². The van der Waals surface area contributed by atoms with Gasteiger partial charge in [0.2, 0.25) is 12.4 Å². The minimum Gasteiger partial charge on any atom is -0.459 e. The smallest absolute Gasteiger partial charge is 0.338 e. The number of benzene rings is 3. The van der Waals surface area contributed by atoms with Gasteiger partial charge in [0, 0.05) is 6.92 Å². The molecule has 1 aliphatic heterocycles. The number of carbonyl (C=O) groups excluding carboxylic acids is 4. The van der Waals surface area contributed by atoms with Crippen molar-refractivity contribution in [3.8, 4) is 0 Å². The Labute approximate surface area is 212 Å². The van der Waals surface area contributed by atoms with Gasteiger partial charge in [0.05, 0.1) is 16.7 Å². The van der Waals surface area contributed by atoms with Crippen molar-refractivity contribution in [2.24, 2.45) is 0 Å². The van der Waals surface area contributed by atoms with Gasteiger partial charge < -0.3 is 23.7 Å². The Morgan fingerprint density at radius 3 is 1.51 bits per heavy atom. The van der Waals surface area contributed by atoms with E-state index in [1.807, 2.05) is 0 Å². The number of hydrogen-bond donors (Lipinski definition) is 0. The molecule has 4 rings (SSSR count). The molecule has 1 heterocycles. The lowest BCUT2D eigenvalue weighted by Gasteiger charge is -2.24. The van der Waals surface area contributed by atoms with Crippen LogP contribution in [0.5, 0.6) is 0 Å². The molecule has 1 unspecified atom stereocenters. The van der Waals surface area contributed by atoms with E-state index in [1.165, 1.54) is 0 Å². The predicted molar refractivity (Wildman–Crippen MR) is 128 cm³/mol. The van der Waals surface area contributed by atoms with Crippen LogP contribution in [-0.2, 0) is 28.5 Å². The lowest BCUT2D eigenvalue weighted by atomic mass is 10.1. The summed E-state index contributed by atoms with van der Waals surface area (Å²) < 4.78 is 27.7. The normalized spacial score (nSPS) is 20.5. The Morgan fingerprint density at radius 1 is 0.622 bits per heavy atom. The van der Waals surface area contributed by atoms with E-state index in [2.05, 4.69) is 0 Å². The summed E-state index contributed by atoms with van der Waals surface area (Å²) in [5.41, 5.74) is 0.782. The molecule has 1 aliphatic rings. The zero-order chi connectivity index (χ0) is 26.2. The highest BCUT2D eigenvalue weighted by Gasteiger charge is 2.52. The van der Waals surface area contributed by atoms with Crippen molar-refractivity contribution in [3.05, 3.63) is 108 Å². The highest BCUT2D eigenvalue weighted by atomic mass is 16.8. The number of hydrogen-bond acceptors (Lipinski definition) is 9. The molecule has 9 nitrogen and oxygen atoms in total. The SMILES string of the molecule is CC(=O)OC1O[C@@H](COC(=O)c2ccccc2)[C@@H](OC(=O)c2ccccc2)[C@@H]1OC(=O)c1ccccc1.